The van der Waals surface area contributed by atoms with E-state index in [9.17, 15) is 0 Å². The molecule has 0 nitrogen and oxygen atoms in total. The molecule has 0 aromatic heterocycles. The maximum atomic E-state index is 2.41. The van der Waals surface area contributed by atoms with E-state index in [0.717, 1.165) is 0 Å². The zero-order chi connectivity index (χ0) is 6.95. The summed E-state index contributed by atoms with van der Waals surface area (Å²) in [7, 11) is 0. The summed E-state index contributed by atoms with van der Waals surface area (Å²) >= 11 is 5.22. The van der Waals surface area contributed by atoms with Crippen LogP contribution >= 0.6 is 50.5 Å². The molecule has 1 rings (SSSR count). The van der Waals surface area contributed by atoms with Crippen LogP contribution in [-0.4, -0.2) is 0 Å². The number of hydrogen-bond acceptors (Lipinski definition) is 0. The number of hydrogen-bond donors (Lipinski definition) is 0. The third-order valence-corrected chi connectivity index (χ3v) is 0.667. The molecule has 0 atom stereocenters. The molecule has 3 heteroatoms. The first-order valence-corrected chi connectivity index (χ1v) is 15.9. The van der Waals surface area contributed by atoms with E-state index in [-0.39, 0.29) is 0 Å². The second-order valence-corrected chi connectivity index (χ2v) is 18.8. The van der Waals surface area contributed by atoms with E-state index in [4.69, 9.17) is 0 Å². The van der Waals surface area contributed by atoms with Crippen molar-refractivity contribution < 1.29 is 0 Å². The molecule has 0 fully saturated rings. The minimum Gasteiger partial charge on any atom is -0.0623 e. The molecule has 0 spiro atoms. The molecular weight excluding hydrogens is 453 g/mol. The van der Waals surface area contributed by atoms with Gasteiger partial charge in [-0.1, -0.05) is 36.4 Å². The van der Waals surface area contributed by atoms with Crippen LogP contribution in [0.25, 0.3) is 0 Å². The summed E-state index contributed by atoms with van der Waals surface area (Å²) < 4.78 is 0. The van der Waals surface area contributed by atoms with Crippen molar-refractivity contribution in [1.82, 2.24) is 0 Å². The van der Waals surface area contributed by atoms with Gasteiger partial charge in [0.15, 0.2) is 0 Å². The Morgan fingerprint density at radius 1 is 0.667 bits per heavy atom. The van der Waals surface area contributed by atoms with Crippen LogP contribution in [0, 0.1) is 0 Å². The van der Waals surface area contributed by atoms with Crippen molar-refractivity contribution >= 4 is 50.5 Å². The Hall–Kier alpha value is 1.41. The van der Waals surface area contributed by atoms with Gasteiger partial charge in [0.1, 0.15) is 0 Å². The summed E-state index contributed by atoms with van der Waals surface area (Å²) in [6.07, 6.45) is 0. The molecule has 0 aliphatic carbocycles. The van der Waals surface area contributed by atoms with Gasteiger partial charge < -0.3 is 0 Å². The predicted molar refractivity (Wildman–Crippen MR) is 69.9 cm³/mol. The molecule has 0 saturated heterocycles. The van der Waals surface area contributed by atoms with Gasteiger partial charge in [-0.3, -0.25) is 0 Å². The fraction of sp³-hybridized carbons (Fsp3) is 0. The van der Waals surface area contributed by atoms with Gasteiger partial charge in [0, 0.05) is 0 Å². The van der Waals surface area contributed by atoms with Crippen LogP contribution in [0.5, 0.6) is 0 Å². The van der Waals surface area contributed by atoms with Crippen LogP contribution in [0.4, 0.5) is 0 Å². The average molecular weight is 460 g/mol. The fourth-order valence-electron chi connectivity index (χ4n) is 0.385. The van der Waals surface area contributed by atoms with Gasteiger partial charge in [0.2, 0.25) is 0 Å². The Kier molecular flexibility index (Phi) is 10.9. The molecule has 0 amide bonds. The van der Waals surface area contributed by atoms with Gasteiger partial charge >= 0.3 is 50.5 Å². The van der Waals surface area contributed by atoms with E-state index in [1.165, 1.54) is 0 Å². The van der Waals surface area contributed by atoms with Crippen molar-refractivity contribution in [2.24, 2.45) is 0 Å². The van der Waals surface area contributed by atoms with Gasteiger partial charge in [-0.15, -0.1) is 0 Å². The van der Waals surface area contributed by atoms with E-state index in [1.807, 2.05) is 36.4 Å². The monoisotopic (exact) mass is 460 g/mol. The molecule has 0 unspecified atom stereocenters. The van der Waals surface area contributed by atoms with Crippen LogP contribution in [0.15, 0.2) is 36.4 Å². The summed E-state index contributed by atoms with van der Waals surface area (Å²) in [6, 6.07) is 12.0. The minimum atomic E-state index is 0.410. The molecular formula is C6H7I3. The Morgan fingerprint density at radius 2 is 0.778 bits per heavy atom. The maximum absolute atomic E-state index is 2.41. The molecule has 0 heterocycles. The van der Waals surface area contributed by atoms with Crippen molar-refractivity contribution in [3.05, 3.63) is 36.4 Å². The summed E-state index contributed by atoms with van der Waals surface area (Å²) in [6.45, 7) is 0. The molecule has 9 heavy (non-hydrogen) atoms. The minimum absolute atomic E-state index is 0.410. The molecule has 0 saturated carbocycles. The molecule has 0 aliphatic heterocycles. The van der Waals surface area contributed by atoms with E-state index >= 15 is 0 Å². The van der Waals surface area contributed by atoms with Crippen LogP contribution < -0.4 is 0 Å². The van der Waals surface area contributed by atoms with E-state index in [0.29, 0.717) is 13.3 Å². The normalized spacial score (nSPS) is 7.78. The van der Waals surface area contributed by atoms with Crippen molar-refractivity contribution in [2.75, 3.05) is 0 Å². The summed E-state index contributed by atoms with van der Waals surface area (Å²) in [5.74, 6) is 0. The van der Waals surface area contributed by atoms with Crippen molar-refractivity contribution in [3.8, 4) is 0 Å². The quantitative estimate of drug-likeness (QED) is 0.513. The molecule has 0 N–H and O–H groups in total. The first kappa shape index (κ1) is 10.4. The molecule has 1 aromatic rings. The Bertz CT molecular complexity index is 91.2. The van der Waals surface area contributed by atoms with Crippen molar-refractivity contribution in [3.63, 3.8) is 0 Å². The average Bonchev–Trinajstić information content (AvgIpc) is 1.93. The third-order valence-electron chi connectivity index (χ3n) is 0.667. The summed E-state index contributed by atoms with van der Waals surface area (Å²) in [4.78, 5) is 0. The zero-order valence-electron chi connectivity index (χ0n) is 4.63. The van der Waals surface area contributed by atoms with Crippen LogP contribution in [0.3, 0.4) is 0 Å². The first-order chi connectivity index (χ1) is 4.41. The predicted octanol–water partition coefficient (Wildman–Crippen LogP) is 4.08. The standard InChI is InChI=1S/C6H6.HI3/c1-2-4-6-5-3-1;1-3-2/h1-6H;3H. The largest absolute Gasteiger partial charge is 0.0623 e. The third kappa shape index (κ3) is 9.41. The first-order valence-electron chi connectivity index (χ1n) is 2.31. The SMILES string of the molecule is I[IH]I.c1ccccc1. The van der Waals surface area contributed by atoms with Gasteiger partial charge in [-0.2, -0.15) is 0 Å². The molecule has 0 radical (unpaired) electrons. The summed E-state index contributed by atoms with van der Waals surface area (Å²) in [5, 5.41) is 0. The van der Waals surface area contributed by atoms with Crippen molar-refractivity contribution in [2.45, 2.75) is 0 Å². The van der Waals surface area contributed by atoms with Crippen LogP contribution in [0.2, 0.25) is 0 Å². The Labute approximate surface area is 85.4 Å². The van der Waals surface area contributed by atoms with Crippen LogP contribution in [0.1, 0.15) is 0 Å². The van der Waals surface area contributed by atoms with Gasteiger partial charge in [0.05, 0.1) is 0 Å². The number of halogens is 3. The van der Waals surface area contributed by atoms with Gasteiger partial charge in [-0.25, -0.2) is 0 Å². The molecule has 0 bridgehead atoms. The topological polar surface area (TPSA) is 0 Å². The Morgan fingerprint density at radius 3 is 0.889 bits per heavy atom. The van der Waals surface area contributed by atoms with E-state index in [2.05, 4.69) is 37.2 Å². The fourth-order valence-corrected chi connectivity index (χ4v) is 0.385. The summed E-state index contributed by atoms with van der Waals surface area (Å²) in [5.41, 5.74) is 0. The van der Waals surface area contributed by atoms with Gasteiger partial charge in [-0.05, 0) is 0 Å². The van der Waals surface area contributed by atoms with E-state index in [1.54, 1.807) is 0 Å². The second kappa shape index (κ2) is 9.41. The maximum Gasteiger partial charge on any atom is -0.0623 e. The van der Waals surface area contributed by atoms with E-state index < -0.39 is 0 Å². The zero-order valence-corrected chi connectivity index (χ0v) is 11.3. The van der Waals surface area contributed by atoms with Crippen LogP contribution in [-0.2, 0) is 0 Å². The second-order valence-electron chi connectivity index (χ2n) is 1.21. The Balaban J connectivity index is 0.000000187. The molecule has 0 aliphatic rings. The van der Waals surface area contributed by atoms with Crippen molar-refractivity contribution in [1.29, 1.82) is 0 Å². The molecule has 52 valence electrons. The smallest absolute Gasteiger partial charge is 0.0623 e. The number of benzene rings is 1. The van der Waals surface area contributed by atoms with Gasteiger partial charge in [0.25, 0.3) is 0 Å². The molecule has 1 aromatic carbocycles. The number of rotatable bonds is 0.